The molecule has 2 atom stereocenters. The second-order valence-electron chi connectivity index (χ2n) is 5.54. The molecule has 1 aliphatic heterocycles. The van der Waals surface area contributed by atoms with Crippen LogP contribution in [-0.2, 0) is 16.0 Å². The maximum atomic E-state index is 12.3. The fourth-order valence-electron chi connectivity index (χ4n) is 2.97. The van der Waals surface area contributed by atoms with Gasteiger partial charge < -0.3 is 15.7 Å². The molecule has 0 aromatic heterocycles. The number of aliphatic carboxylic acids is 1. The minimum absolute atomic E-state index is 0.0161. The van der Waals surface area contributed by atoms with Crippen molar-refractivity contribution in [2.24, 2.45) is 11.7 Å². The number of nitrogens with two attached hydrogens (primary N) is 1. The zero-order chi connectivity index (χ0) is 15.2. The van der Waals surface area contributed by atoms with Crippen molar-refractivity contribution in [2.75, 3.05) is 13.1 Å². The third-order valence-electron chi connectivity index (χ3n) is 4.03. The highest BCUT2D eigenvalue weighted by Crippen LogP contribution is 2.27. The largest absolute Gasteiger partial charge is 0.481 e. The summed E-state index contributed by atoms with van der Waals surface area (Å²) in [5.41, 5.74) is 6.97. The number of likely N-dealkylation sites (tertiary alicyclic amines) is 1. The van der Waals surface area contributed by atoms with Crippen LogP contribution in [0.2, 0.25) is 0 Å². The standard InChI is InChI=1S/C16H22N2O3/c17-11-14-9-13(10-15(19)20)16(21)18(14)8-4-7-12-5-2-1-3-6-12/h1-3,5-6,13-14H,4,7-11,17H2,(H,19,20)/t13-,14-/m0/s1. The van der Waals surface area contributed by atoms with Gasteiger partial charge in [-0.3, -0.25) is 9.59 Å². The zero-order valence-electron chi connectivity index (χ0n) is 12.1. The van der Waals surface area contributed by atoms with Crippen molar-refractivity contribution in [3.05, 3.63) is 35.9 Å². The van der Waals surface area contributed by atoms with Crippen LogP contribution in [0.1, 0.15) is 24.8 Å². The summed E-state index contributed by atoms with van der Waals surface area (Å²) in [5, 5.41) is 8.86. The van der Waals surface area contributed by atoms with Gasteiger partial charge in [-0.1, -0.05) is 30.3 Å². The first-order valence-corrected chi connectivity index (χ1v) is 7.38. The number of carbonyl (C=O) groups is 2. The van der Waals surface area contributed by atoms with Gasteiger partial charge in [0.05, 0.1) is 12.3 Å². The summed E-state index contributed by atoms with van der Waals surface area (Å²) in [7, 11) is 0. The van der Waals surface area contributed by atoms with E-state index >= 15 is 0 Å². The van der Waals surface area contributed by atoms with E-state index in [0.717, 1.165) is 12.8 Å². The molecule has 0 unspecified atom stereocenters. The van der Waals surface area contributed by atoms with Crippen molar-refractivity contribution in [1.82, 2.24) is 4.90 Å². The van der Waals surface area contributed by atoms with Gasteiger partial charge in [-0.25, -0.2) is 0 Å². The summed E-state index contributed by atoms with van der Waals surface area (Å²) in [6.45, 7) is 1.04. The Balaban J connectivity index is 1.88. The van der Waals surface area contributed by atoms with Crippen molar-refractivity contribution < 1.29 is 14.7 Å². The second-order valence-corrected chi connectivity index (χ2v) is 5.54. The van der Waals surface area contributed by atoms with E-state index in [-0.39, 0.29) is 18.4 Å². The molecular weight excluding hydrogens is 268 g/mol. The lowest BCUT2D eigenvalue weighted by atomic mass is 10.0. The van der Waals surface area contributed by atoms with Crippen molar-refractivity contribution in [2.45, 2.75) is 31.7 Å². The molecule has 1 heterocycles. The SMILES string of the molecule is NC[C@@H]1C[C@@H](CC(=O)O)C(=O)N1CCCc1ccccc1. The first kappa shape index (κ1) is 15.5. The van der Waals surface area contributed by atoms with Crippen LogP contribution in [-0.4, -0.2) is 41.0 Å². The lowest BCUT2D eigenvalue weighted by Crippen LogP contribution is -2.39. The van der Waals surface area contributed by atoms with Crippen LogP contribution in [0, 0.1) is 5.92 Å². The summed E-state index contributed by atoms with van der Waals surface area (Å²) >= 11 is 0. The zero-order valence-corrected chi connectivity index (χ0v) is 12.1. The number of aryl methyl sites for hydroxylation is 1. The highest BCUT2D eigenvalue weighted by Gasteiger charge is 2.39. The fraction of sp³-hybridized carbons (Fsp3) is 0.500. The Bertz CT molecular complexity index is 490. The van der Waals surface area contributed by atoms with Gasteiger partial charge >= 0.3 is 5.97 Å². The normalized spacial score (nSPS) is 21.8. The molecule has 1 saturated heterocycles. The average Bonchev–Trinajstić information content (AvgIpc) is 2.76. The smallest absolute Gasteiger partial charge is 0.304 e. The lowest BCUT2D eigenvalue weighted by molar-refractivity contribution is -0.142. The highest BCUT2D eigenvalue weighted by molar-refractivity contribution is 5.85. The van der Waals surface area contributed by atoms with Crippen LogP contribution < -0.4 is 5.73 Å². The summed E-state index contributed by atoms with van der Waals surface area (Å²) in [5.74, 6) is -1.39. The third-order valence-corrected chi connectivity index (χ3v) is 4.03. The monoisotopic (exact) mass is 290 g/mol. The van der Waals surface area contributed by atoms with Crippen LogP contribution >= 0.6 is 0 Å². The minimum Gasteiger partial charge on any atom is -0.481 e. The van der Waals surface area contributed by atoms with Crippen LogP contribution in [0.5, 0.6) is 0 Å². The number of nitrogens with zero attached hydrogens (tertiary/aromatic N) is 1. The van der Waals surface area contributed by atoms with Gasteiger partial charge in [0, 0.05) is 19.1 Å². The van der Waals surface area contributed by atoms with Gasteiger partial charge in [0.2, 0.25) is 5.91 Å². The lowest BCUT2D eigenvalue weighted by Gasteiger charge is -2.23. The third kappa shape index (κ3) is 4.04. The van der Waals surface area contributed by atoms with E-state index in [9.17, 15) is 9.59 Å². The Labute approximate surface area is 124 Å². The topological polar surface area (TPSA) is 83.6 Å². The van der Waals surface area contributed by atoms with E-state index in [2.05, 4.69) is 12.1 Å². The van der Waals surface area contributed by atoms with Gasteiger partial charge in [0.25, 0.3) is 0 Å². The van der Waals surface area contributed by atoms with Crippen molar-refractivity contribution in [3.8, 4) is 0 Å². The first-order chi connectivity index (χ1) is 10.1. The number of hydrogen-bond acceptors (Lipinski definition) is 3. The van der Waals surface area contributed by atoms with Crippen molar-refractivity contribution >= 4 is 11.9 Å². The molecule has 1 amide bonds. The predicted octanol–water partition coefficient (Wildman–Crippen LogP) is 1.27. The molecule has 5 nitrogen and oxygen atoms in total. The molecule has 0 aliphatic carbocycles. The molecule has 0 spiro atoms. The number of rotatable bonds is 7. The number of carbonyl (C=O) groups excluding carboxylic acids is 1. The number of hydrogen-bond donors (Lipinski definition) is 2. The quantitative estimate of drug-likeness (QED) is 0.792. The van der Waals surface area contributed by atoms with Gasteiger partial charge in [-0.15, -0.1) is 0 Å². The van der Waals surface area contributed by atoms with Gasteiger partial charge in [-0.05, 0) is 24.8 Å². The van der Waals surface area contributed by atoms with Gasteiger partial charge in [-0.2, -0.15) is 0 Å². The Kier molecular flexibility index (Phi) is 5.33. The summed E-state index contributed by atoms with van der Waals surface area (Å²) < 4.78 is 0. The van der Waals surface area contributed by atoms with Crippen LogP contribution in [0.15, 0.2) is 30.3 Å². The molecule has 0 saturated carbocycles. The molecule has 1 aliphatic rings. The second kappa shape index (κ2) is 7.22. The van der Waals surface area contributed by atoms with E-state index in [0.29, 0.717) is 19.5 Å². The van der Waals surface area contributed by atoms with Gasteiger partial charge in [0.15, 0.2) is 0 Å². The summed E-state index contributed by atoms with van der Waals surface area (Å²) in [6, 6.07) is 10.1. The molecule has 114 valence electrons. The van der Waals surface area contributed by atoms with E-state index in [1.807, 2.05) is 18.2 Å². The summed E-state index contributed by atoms with van der Waals surface area (Å²) in [6.07, 6.45) is 2.25. The van der Waals surface area contributed by atoms with E-state index in [1.54, 1.807) is 4.90 Å². The van der Waals surface area contributed by atoms with E-state index in [1.165, 1.54) is 5.56 Å². The van der Waals surface area contributed by atoms with E-state index in [4.69, 9.17) is 10.8 Å². The molecule has 5 heteroatoms. The molecule has 1 fully saturated rings. The van der Waals surface area contributed by atoms with Gasteiger partial charge in [0.1, 0.15) is 0 Å². The molecular formula is C16H22N2O3. The van der Waals surface area contributed by atoms with Crippen molar-refractivity contribution in [1.29, 1.82) is 0 Å². The number of benzene rings is 1. The Hall–Kier alpha value is -1.88. The Morgan fingerprint density at radius 3 is 2.67 bits per heavy atom. The number of carboxylic acid groups (broad SMARTS) is 1. The molecule has 3 N–H and O–H groups in total. The first-order valence-electron chi connectivity index (χ1n) is 7.38. The average molecular weight is 290 g/mol. The summed E-state index contributed by atoms with van der Waals surface area (Å²) in [4.78, 5) is 24.8. The molecule has 1 aromatic carbocycles. The van der Waals surface area contributed by atoms with Crippen LogP contribution in [0.25, 0.3) is 0 Å². The van der Waals surface area contributed by atoms with Crippen LogP contribution in [0.3, 0.4) is 0 Å². The predicted molar refractivity (Wildman–Crippen MR) is 79.7 cm³/mol. The Morgan fingerprint density at radius 1 is 1.33 bits per heavy atom. The number of amides is 1. The molecule has 2 rings (SSSR count). The molecule has 21 heavy (non-hydrogen) atoms. The highest BCUT2D eigenvalue weighted by atomic mass is 16.4. The van der Waals surface area contributed by atoms with Crippen molar-refractivity contribution in [3.63, 3.8) is 0 Å². The maximum absolute atomic E-state index is 12.3. The molecule has 0 radical (unpaired) electrons. The molecule has 1 aromatic rings. The maximum Gasteiger partial charge on any atom is 0.304 e. The Morgan fingerprint density at radius 2 is 2.05 bits per heavy atom. The van der Waals surface area contributed by atoms with Crippen LogP contribution in [0.4, 0.5) is 0 Å². The number of carboxylic acids is 1. The minimum atomic E-state index is -0.921. The fourth-order valence-corrected chi connectivity index (χ4v) is 2.97. The molecule has 0 bridgehead atoms. The van der Waals surface area contributed by atoms with E-state index < -0.39 is 11.9 Å².